The number of benzene rings is 1. The maximum absolute atomic E-state index is 14.0. The van der Waals surface area contributed by atoms with E-state index in [1.807, 2.05) is 4.90 Å². The zero-order chi connectivity index (χ0) is 13.5. The minimum atomic E-state index is -0.445. The van der Waals surface area contributed by atoms with Crippen LogP contribution in [0.3, 0.4) is 0 Å². The van der Waals surface area contributed by atoms with E-state index in [-0.39, 0.29) is 11.5 Å². The summed E-state index contributed by atoms with van der Waals surface area (Å²) in [5.41, 5.74) is 0.516. The Kier molecular flexibility index (Phi) is 3.37. The van der Waals surface area contributed by atoms with E-state index in [1.54, 1.807) is 18.2 Å². The van der Waals surface area contributed by atoms with Crippen molar-refractivity contribution < 1.29 is 9.18 Å². The van der Waals surface area contributed by atoms with Crippen molar-refractivity contribution in [2.45, 2.75) is 32.1 Å². The summed E-state index contributed by atoms with van der Waals surface area (Å²) >= 11 is 3.14. The van der Waals surface area contributed by atoms with Gasteiger partial charge in [0.15, 0.2) is 0 Å². The van der Waals surface area contributed by atoms with Crippen LogP contribution in [0.25, 0.3) is 0 Å². The van der Waals surface area contributed by atoms with Crippen LogP contribution in [0.4, 0.5) is 4.39 Å². The molecule has 2 fully saturated rings. The molecule has 1 aromatic rings. The van der Waals surface area contributed by atoms with Crippen molar-refractivity contribution >= 4 is 21.8 Å². The third-order valence-corrected chi connectivity index (χ3v) is 5.18. The van der Waals surface area contributed by atoms with E-state index in [4.69, 9.17) is 0 Å². The summed E-state index contributed by atoms with van der Waals surface area (Å²) in [6.07, 6.45) is 6.06. The van der Waals surface area contributed by atoms with E-state index >= 15 is 0 Å². The van der Waals surface area contributed by atoms with Gasteiger partial charge in [0.05, 0.1) is 10.0 Å². The summed E-state index contributed by atoms with van der Waals surface area (Å²) in [6, 6.07) is 4.90. The number of amides is 1. The highest BCUT2D eigenvalue weighted by atomic mass is 79.9. The fourth-order valence-corrected chi connectivity index (χ4v) is 3.85. The number of hydrogen-bond acceptors (Lipinski definition) is 1. The van der Waals surface area contributed by atoms with Crippen molar-refractivity contribution in [1.29, 1.82) is 0 Å². The minimum absolute atomic E-state index is 0.164. The SMILES string of the molecule is O=C(c1cccc(Br)c1F)N1CCC2(CCCC2)C1. The first-order valence-electron chi connectivity index (χ1n) is 6.85. The van der Waals surface area contributed by atoms with Gasteiger partial charge in [0.1, 0.15) is 5.82 Å². The van der Waals surface area contributed by atoms with Crippen LogP contribution in [0.5, 0.6) is 0 Å². The summed E-state index contributed by atoms with van der Waals surface area (Å²) in [6.45, 7) is 1.57. The van der Waals surface area contributed by atoms with Gasteiger partial charge in [-0.2, -0.15) is 0 Å². The Morgan fingerprint density at radius 1 is 1.26 bits per heavy atom. The van der Waals surface area contributed by atoms with Crippen LogP contribution in [-0.2, 0) is 0 Å². The Morgan fingerprint density at radius 2 is 2.00 bits per heavy atom. The average Bonchev–Trinajstić information content (AvgIpc) is 3.03. The van der Waals surface area contributed by atoms with Crippen LogP contribution in [0.2, 0.25) is 0 Å². The third kappa shape index (κ3) is 2.31. The molecule has 1 aliphatic carbocycles. The molecule has 1 heterocycles. The fourth-order valence-electron chi connectivity index (χ4n) is 3.48. The molecule has 1 saturated heterocycles. The molecule has 0 aromatic heterocycles. The Bertz CT molecular complexity index is 511. The van der Waals surface area contributed by atoms with Crippen LogP contribution in [-0.4, -0.2) is 23.9 Å². The number of halogens is 2. The highest BCUT2D eigenvalue weighted by Gasteiger charge is 2.42. The second-order valence-corrected chi connectivity index (χ2v) is 6.64. The molecular weight excluding hydrogens is 309 g/mol. The molecule has 2 nitrogen and oxygen atoms in total. The predicted octanol–water partition coefficient (Wildman–Crippen LogP) is 3.99. The first-order valence-corrected chi connectivity index (χ1v) is 7.64. The molecule has 2 aliphatic rings. The number of nitrogens with zero attached hydrogens (tertiary/aromatic N) is 1. The van der Waals surface area contributed by atoms with Gasteiger partial charge in [0.2, 0.25) is 0 Å². The number of hydrogen-bond donors (Lipinski definition) is 0. The summed E-state index contributed by atoms with van der Waals surface area (Å²) < 4.78 is 14.3. The number of rotatable bonds is 1. The van der Waals surface area contributed by atoms with Crippen LogP contribution in [0, 0.1) is 11.2 Å². The topological polar surface area (TPSA) is 20.3 Å². The Hall–Kier alpha value is -0.900. The molecule has 19 heavy (non-hydrogen) atoms. The van der Waals surface area contributed by atoms with Crippen molar-refractivity contribution in [3.63, 3.8) is 0 Å². The minimum Gasteiger partial charge on any atom is -0.338 e. The van der Waals surface area contributed by atoms with Gasteiger partial charge in [-0.05, 0) is 52.7 Å². The molecule has 0 atom stereocenters. The zero-order valence-corrected chi connectivity index (χ0v) is 12.4. The lowest BCUT2D eigenvalue weighted by Gasteiger charge is -2.23. The highest BCUT2D eigenvalue weighted by Crippen LogP contribution is 2.45. The van der Waals surface area contributed by atoms with Gasteiger partial charge < -0.3 is 4.90 Å². The summed E-state index contributed by atoms with van der Waals surface area (Å²) in [4.78, 5) is 14.3. The molecule has 0 bridgehead atoms. The van der Waals surface area contributed by atoms with Crippen molar-refractivity contribution in [3.05, 3.63) is 34.1 Å². The molecule has 0 unspecified atom stereocenters. The molecule has 0 radical (unpaired) electrons. The molecular formula is C15H17BrFNO. The van der Waals surface area contributed by atoms with Crippen LogP contribution in [0.15, 0.2) is 22.7 Å². The molecule has 4 heteroatoms. The molecule has 0 N–H and O–H groups in total. The van der Waals surface area contributed by atoms with E-state index in [0.29, 0.717) is 9.89 Å². The highest BCUT2D eigenvalue weighted by molar-refractivity contribution is 9.10. The van der Waals surface area contributed by atoms with Gasteiger partial charge in [-0.3, -0.25) is 4.79 Å². The first kappa shape index (κ1) is 13.1. The number of carbonyl (C=O) groups excluding carboxylic acids is 1. The van der Waals surface area contributed by atoms with Gasteiger partial charge in [0.25, 0.3) is 5.91 Å². The maximum Gasteiger partial charge on any atom is 0.256 e. The van der Waals surface area contributed by atoms with E-state index in [1.165, 1.54) is 25.7 Å². The monoisotopic (exact) mass is 325 g/mol. The lowest BCUT2D eigenvalue weighted by atomic mass is 9.86. The van der Waals surface area contributed by atoms with E-state index in [9.17, 15) is 9.18 Å². The van der Waals surface area contributed by atoms with Gasteiger partial charge in [-0.1, -0.05) is 18.9 Å². The average molecular weight is 326 g/mol. The molecule has 1 spiro atoms. The van der Waals surface area contributed by atoms with Gasteiger partial charge in [-0.15, -0.1) is 0 Å². The normalized spacial score (nSPS) is 21.3. The number of carbonyl (C=O) groups is 1. The molecule has 1 saturated carbocycles. The smallest absolute Gasteiger partial charge is 0.256 e. The van der Waals surface area contributed by atoms with Crippen molar-refractivity contribution in [2.24, 2.45) is 5.41 Å². The molecule has 1 aliphatic heterocycles. The second-order valence-electron chi connectivity index (χ2n) is 5.79. The third-order valence-electron chi connectivity index (χ3n) is 4.57. The summed E-state index contributed by atoms with van der Waals surface area (Å²) in [7, 11) is 0. The summed E-state index contributed by atoms with van der Waals surface area (Å²) in [5.74, 6) is -0.609. The van der Waals surface area contributed by atoms with Gasteiger partial charge in [-0.25, -0.2) is 4.39 Å². The van der Waals surface area contributed by atoms with Crippen molar-refractivity contribution in [1.82, 2.24) is 4.90 Å². The van der Waals surface area contributed by atoms with Crippen LogP contribution in [0.1, 0.15) is 42.5 Å². The van der Waals surface area contributed by atoms with Crippen LogP contribution >= 0.6 is 15.9 Å². The molecule has 102 valence electrons. The van der Waals surface area contributed by atoms with E-state index in [2.05, 4.69) is 15.9 Å². The predicted molar refractivity (Wildman–Crippen MR) is 75.5 cm³/mol. The number of likely N-dealkylation sites (tertiary alicyclic amines) is 1. The zero-order valence-electron chi connectivity index (χ0n) is 10.8. The first-order chi connectivity index (χ1) is 9.11. The van der Waals surface area contributed by atoms with Gasteiger partial charge >= 0.3 is 0 Å². The second kappa shape index (κ2) is 4.89. The molecule has 1 amide bonds. The molecule has 1 aromatic carbocycles. The lowest BCUT2D eigenvalue weighted by Crippen LogP contribution is -2.31. The maximum atomic E-state index is 14.0. The Morgan fingerprint density at radius 3 is 2.74 bits per heavy atom. The van der Waals surface area contributed by atoms with E-state index < -0.39 is 5.82 Å². The largest absolute Gasteiger partial charge is 0.338 e. The fraction of sp³-hybridized carbons (Fsp3) is 0.533. The van der Waals surface area contributed by atoms with Crippen LogP contribution < -0.4 is 0 Å². The Balaban J connectivity index is 1.80. The standard InChI is InChI=1S/C15H17BrFNO/c16-12-5-3-4-11(13(12)17)14(19)18-9-8-15(10-18)6-1-2-7-15/h3-5H,1-2,6-10H2. The quantitative estimate of drug-likeness (QED) is 0.764. The Labute approximate surface area is 121 Å². The summed E-state index contributed by atoms with van der Waals surface area (Å²) in [5, 5.41) is 0. The lowest BCUT2D eigenvalue weighted by molar-refractivity contribution is 0.0768. The van der Waals surface area contributed by atoms with Crippen molar-refractivity contribution in [3.8, 4) is 0 Å². The van der Waals surface area contributed by atoms with Gasteiger partial charge in [0, 0.05) is 13.1 Å². The molecule has 3 rings (SSSR count). The van der Waals surface area contributed by atoms with E-state index in [0.717, 1.165) is 19.5 Å². The van der Waals surface area contributed by atoms with Crippen molar-refractivity contribution in [2.75, 3.05) is 13.1 Å².